The maximum atomic E-state index is 4.81. The summed E-state index contributed by atoms with van der Waals surface area (Å²) in [6.07, 6.45) is 7.21. The van der Waals surface area contributed by atoms with E-state index in [9.17, 15) is 0 Å². The van der Waals surface area contributed by atoms with Gasteiger partial charge in [-0.15, -0.1) is 0 Å². The minimum atomic E-state index is -0.106. The predicted octanol–water partition coefficient (Wildman–Crippen LogP) is 4.16. The molecule has 0 spiro atoms. The Morgan fingerprint density at radius 3 is 1.35 bits per heavy atom. The summed E-state index contributed by atoms with van der Waals surface area (Å²) in [6.45, 7) is 4.04. The van der Waals surface area contributed by atoms with Gasteiger partial charge in [-0.25, -0.2) is 0 Å². The van der Waals surface area contributed by atoms with Crippen LogP contribution in [0.25, 0.3) is 0 Å². The van der Waals surface area contributed by atoms with Gasteiger partial charge >= 0.3 is 35.0 Å². The van der Waals surface area contributed by atoms with E-state index in [1.54, 1.807) is 12.4 Å². The summed E-state index contributed by atoms with van der Waals surface area (Å²) in [7, 11) is 9.63. The molecule has 96 valence electrons. The van der Waals surface area contributed by atoms with Gasteiger partial charge in [0.1, 0.15) is 0 Å². The minimum absolute atomic E-state index is 0.106. The molecular weight excluding hydrogens is 349 g/mol. The summed E-state index contributed by atoms with van der Waals surface area (Å²) >= 11 is -0.106. The molecule has 0 N–H and O–H groups in total. The fourth-order valence-electron chi connectivity index (χ4n) is 0.896. The van der Waals surface area contributed by atoms with Crippen LogP contribution in [0.4, 0.5) is 0 Å². The summed E-state index contributed by atoms with van der Waals surface area (Å²) in [5.41, 5.74) is 2.42. The third-order valence-electron chi connectivity index (χ3n) is 1.62. The molecule has 2 aromatic rings. The summed E-state index contributed by atoms with van der Waals surface area (Å²) < 4.78 is 0. The predicted molar refractivity (Wildman–Crippen MR) is 69.7 cm³/mol. The van der Waals surface area contributed by atoms with Gasteiger partial charge < -0.3 is 0 Å². The van der Waals surface area contributed by atoms with Gasteiger partial charge in [-0.05, 0) is 37.1 Å². The summed E-state index contributed by atoms with van der Waals surface area (Å²) in [4.78, 5) is 7.77. The Labute approximate surface area is 119 Å². The van der Waals surface area contributed by atoms with E-state index in [1.807, 2.05) is 50.5 Å². The third-order valence-corrected chi connectivity index (χ3v) is 1.62. The van der Waals surface area contributed by atoms with E-state index in [0.717, 1.165) is 0 Å². The Kier molecular flexibility index (Phi) is 11.7. The van der Waals surface area contributed by atoms with Crippen molar-refractivity contribution in [2.75, 3.05) is 0 Å². The summed E-state index contributed by atoms with van der Waals surface area (Å²) in [5.74, 6) is 0. The molecule has 0 unspecified atom stereocenters. The average Bonchev–Trinajstić information content (AvgIpc) is 2.33. The van der Waals surface area contributed by atoms with Crippen LogP contribution < -0.4 is 0 Å². The molecule has 2 nitrogen and oxygen atoms in total. The summed E-state index contributed by atoms with van der Waals surface area (Å²) in [5, 5.41) is 0. The number of rotatable bonds is 0. The van der Waals surface area contributed by atoms with Crippen molar-refractivity contribution >= 4 is 19.1 Å². The molecule has 2 heterocycles. The molecule has 17 heavy (non-hydrogen) atoms. The standard InChI is InChI=1S/2C6H7N.2ClH.Pd/c2*1-6-3-2-4-7-5-6;;;/h2*2-5H,1H3;2*1H;/q;;;;+2/p-2. The topological polar surface area (TPSA) is 25.8 Å². The molecule has 0 aromatic carbocycles. The maximum absolute atomic E-state index is 4.81. The molecule has 0 radical (unpaired) electrons. The Morgan fingerprint density at radius 2 is 1.24 bits per heavy atom. The van der Waals surface area contributed by atoms with Crippen LogP contribution in [0.3, 0.4) is 0 Å². The molecule has 0 bridgehead atoms. The number of aromatic nitrogens is 2. The van der Waals surface area contributed by atoms with Gasteiger partial charge in [-0.1, -0.05) is 12.1 Å². The Morgan fingerprint density at radius 1 is 0.882 bits per heavy atom. The van der Waals surface area contributed by atoms with Gasteiger partial charge in [0.2, 0.25) is 0 Å². The first-order valence-corrected chi connectivity index (χ1v) is 8.76. The van der Waals surface area contributed by atoms with Crippen LogP contribution >= 0.6 is 19.1 Å². The van der Waals surface area contributed by atoms with E-state index in [1.165, 1.54) is 11.1 Å². The van der Waals surface area contributed by atoms with Crippen molar-refractivity contribution in [3.63, 3.8) is 0 Å². The first-order chi connectivity index (χ1) is 8.20. The van der Waals surface area contributed by atoms with Crippen molar-refractivity contribution < 1.29 is 15.9 Å². The fraction of sp³-hybridized carbons (Fsp3) is 0.167. The van der Waals surface area contributed by atoms with Gasteiger partial charge in [0, 0.05) is 24.8 Å². The van der Waals surface area contributed by atoms with Crippen LogP contribution in [-0.2, 0) is 15.9 Å². The van der Waals surface area contributed by atoms with Crippen LogP contribution in [0.2, 0.25) is 0 Å². The van der Waals surface area contributed by atoms with Gasteiger partial charge in [0.15, 0.2) is 0 Å². The second kappa shape index (κ2) is 12.0. The number of halogens is 2. The molecule has 0 aliphatic heterocycles. The molecule has 0 aliphatic carbocycles. The van der Waals surface area contributed by atoms with E-state index >= 15 is 0 Å². The van der Waals surface area contributed by atoms with Gasteiger partial charge in [0.25, 0.3) is 0 Å². The monoisotopic (exact) mass is 362 g/mol. The number of hydrogen-bond acceptors (Lipinski definition) is 2. The second-order valence-electron chi connectivity index (χ2n) is 3.11. The number of pyridine rings is 2. The molecule has 0 atom stereocenters. The van der Waals surface area contributed by atoms with Crippen molar-refractivity contribution in [1.82, 2.24) is 9.97 Å². The molecule has 0 fully saturated rings. The summed E-state index contributed by atoms with van der Waals surface area (Å²) in [6, 6.07) is 7.89. The first kappa shape index (κ1) is 16.5. The third kappa shape index (κ3) is 11.8. The second-order valence-corrected chi connectivity index (χ2v) is 5.47. The van der Waals surface area contributed by atoms with E-state index in [4.69, 9.17) is 19.1 Å². The normalized spacial score (nSPS) is 8.47. The van der Waals surface area contributed by atoms with Gasteiger partial charge in [-0.2, -0.15) is 0 Å². The number of aryl methyl sites for hydroxylation is 2. The van der Waals surface area contributed by atoms with Crippen molar-refractivity contribution in [3.05, 3.63) is 60.2 Å². The first-order valence-electron chi connectivity index (χ1n) is 4.76. The van der Waals surface area contributed by atoms with E-state index < -0.39 is 0 Å². The molecule has 2 aromatic heterocycles. The Balaban J connectivity index is 0.000000247. The van der Waals surface area contributed by atoms with Crippen molar-refractivity contribution in [2.24, 2.45) is 0 Å². The van der Waals surface area contributed by atoms with Crippen molar-refractivity contribution in [3.8, 4) is 0 Å². The van der Waals surface area contributed by atoms with E-state index in [-0.39, 0.29) is 15.9 Å². The molecule has 0 saturated carbocycles. The fourth-order valence-corrected chi connectivity index (χ4v) is 0.896. The Hall–Kier alpha value is -0.458. The van der Waals surface area contributed by atoms with Crippen LogP contribution in [-0.4, -0.2) is 9.97 Å². The van der Waals surface area contributed by atoms with Crippen LogP contribution in [0.15, 0.2) is 49.1 Å². The zero-order valence-corrected chi connectivity index (χ0v) is 12.7. The average molecular weight is 364 g/mol. The van der Waals surface area contributed by atoms with E-state index in [2.05, 4.69) is 9.97 Å². The molecule has 2 rings (SSSR count). The molecular formula is C12H14Cl2N2Pd. The zero-order valence-electron chi connectivity index (χ0n) is 9.59. The van der Waals surface area contributed by atoms with Gasteiger partial charge in [0.05, 0.1) is 0 Å². The zero-order chi connectivity index (χ0) is 12.9. The van der Waals surface area contributed by atoms with Crippen LogP contribution in [0, 0.1) is 13.8 Å². The van der Waals surface area contributed by atoms with E-state index in [0.29, 0.717) is 0 Å². The van der Waals surface area contributed by atoms with Crippen LogP contribution in [0.5, 0.6) is 0 Å². The van der Waals surface area contributed by atoms with Crippen LogP contribution in [0.1, 0.15) is 11.1 Å². The molecule has 0 aliphatic rings. The van der Waals surface area contributed by atoms with Crippen molar-refractivity contribution in [2.45, 2.75) is 13.8 Å². The van der Waals surface area contributed by atoms with Crippen molar-refractivity contribution in [1.29, 1.82) is 0 Å². The van der Waals surface area contributed by atoms with Gasteiger partial charge in [-0.3, -0.25) is 9.97 Å². The quantitative estimate of drug-likeness (QED) is 0.657. The molecule has 0 saturated heterocycles. The Bertz CT molecular complexity index is 333. The SMILES string of the molecule is Cc1cccnc1.Cc1cccnc1.[Cl][Pd][Cl]. The molecule has 0 amide bonds. The molecule has 5 heteroatoms. The number of hydrogen-bond donors (Lipinski definition) is 0. The number of nitrogens with zero attached hydrogens (tertiary/aromatic N) is 2.